The molecular weight excluding hydrogens is 188 g/mol. The number of amides is 1. The Bertz CT molecular complexity index is 360. The SMILES string of the molecule is CC(=O)N(C)n1cn[n+](CC(=O)[O-])c1. The van der Waals surface area contributed by atoms with E-state index < -0.39 is 5.97 Å². The van der Waals surface area contributed by atoms with Crippen LogP contribution in [-0.2, 0) is 16.1 Å². The van der Waals surface area contributed by atoms with Crippen LogP contribution in [0.15, 0.2) is 12.7 Å². The Morgan fingerprint density at radius 3 is 2.79 bits per heavy atom. The predicted molar refractivity (Wildman–Crippen MR) is 42.3 cm³/mol. The lowest BCUT2D eigenvalue weighted by molar-refractivity contribution is -0.745. The van der Waals surface area contributed by atoms with Crippen molar-refractivity contribution in [1.29, 1.82) is 0 Å². The van der Waals surface area contributed by atoms with Crippen molar-refractivity contribution in [1.82, 2.24) is 9.77 Å². The minimum Gasteiger partial charge on any atom is -0.546 e. The van der Waals surface area contributed by atoms with Gasteiger partial charge in [0.2, 0.25) is 6.33 Å². The van der Waals surface area contributed by atoms with Gasteiger partial charge in [-0.15, -0.1) is 9.36 Å². The molecule has 76 valence electrons. The first kappa shape index (κ1) is 10.2. The van der Waals surface area contributed by atoms with Gasteiger partial charge in [-0.1, -0.05) is 0 Å². The summed E-state index contributed by atoms with van der Waals surface area (Å²) in [5, 5.41) is 15.2. The summed E-state index contributed by atoms with van der Waals surface area (Å²) in [4.78, 5) is 21.1. The number of rotatable bonds is 3. The molecule has 0 N–H and O–H groups in total. The van der Waals surface area contributed by atoms with Gasteiger partial charge in [0, 0.05) is 6.92 Å². The van der Waals surface area contributed by atoms with E-state index in [4.69, 9.17) is 0 Å². The van der Waals surface area contributed by atoms with Crippen molar-refractivity contribution < 1.29 is 19.4 Å². The number of carboxylic acid groups (broad SMARTS) is 1. The molecule has 0 aliphatic heterocycles. The number of aromatic nitrogens is 3. The van der Waals surface area contributed by atoms with Gasteiger partial charge in [-0.2, -0.15) is 5.01 Å². The zero-order chi connectivity index (χ0) is 10.7. The number of nitrogens with zero attached hydrogens (tertiary/aromatic N) is 4. The molecule has 0 bridgehead atoms. The Morgan fingerprint density at radius 1 is 1.64 bits per heavy atom. The molecule has 0 aromatic carbocycles. The molecule has 7 heteroatoms. The molecule has 0 saturated heterocycles. The normalized spacial score (nSPS) is 9.86. The first-order chi connectivity index (χ1) is 6.50. The molecule has 0 radical (unpaired) electrons. The van der Waals surface area contributed by atoms with Crippen LogP contribution in [0.5, 0.6) is 0 Å². The van der Waals surface area contributed by atoms with Crippen LogP contribution in [0.3, 0.4) is 0 Å². The molecule has 1 rings (SSSR count). The fraction of sp³-hybridized carbons (Fsp3) is 0.429. The highest BCUT2D eigenvalue weighted by Gasteiger charge is 2.12. The van der Waals surface area contributed by atoms with Crippen molar-refractivity contribution in [2.45, 2.75) is 13.5 Å². The number of hydrogen-bond donors (Lipinski definition) is 0. The topological polar surface area (TPSA) is 82.1 Å². The average molecular weight is 198 g/mol. The summed E-state index contributed by atoms with van der Waals surface area (Å²) in [5.41, 5.74) is 0. The van der Waals surface area contributed by atoms with Crippen molar-refractivity contribution in [2.75, 3.05) is 12.1 Å². The quantitative estimate of drug-likeness (QED) is 0.486. The van der Waals surface area contributed by atoms with Gasteiger partial charge in [0.1, 0.15) is 0 Å². The van der Waals surface area contributed by atoms with Gasteiger partial charge in [0.15, 0.2) is 6.54 Å². The first-order valence-corrected chi connectivity index (χ1v) is 3.89. The lowest BCUT2D eigenvalue weighted by atomic mass is 10.7. The van der Waals surface area contributed by atoms with Crippen LogP contribution in [0, 0.1) is 0 Å². The highest BCUT2D eigenvalue weighted by atomic mass is 16.4. The van der Waals surface area contributed by atoms with E-state index in [9.17, 15) is 14.7 Å². The summed E-state index contributed by atoms with van der Waals surface area (Å²) in [7, 11) is 1.55. The molecule has 0 saturated carbocycles. The maximum absolute atomic E-state index is 10.9. The highest BCUT2D eigenvalue weighted by Crippen LogP contribution is 1.84. The summed E-state index contributed by atoms with van der Waals surface area (Å²) in [5.74, 6) is -1.41. The van der Waals surface area contributed by atoms with Crippen LogP contribution in [0.1, 0.15) is 6.92 Å². The molecule has 0 aliphatic rings. The van der Waals surface area contributed by atoms with E-state index in [1.165, 1.54) is 29.3 Å². The Morgan fingerprint density at radius 2 is 2.29 bits per heavy atom. The number of carbonyl (C=O) groups excluding carboxylic acids is 2. The van der Waals surface area contributed by atoms with E-state index >= 15 is 0 Å². The standard InChI is InChI=1S/C7H10N4O3/c1-6(12)9(2)11-4-8-10(5-11)3-7(13)14/h4-5H,3H2,1-2H3. The van der Waals surface area contributed by atoms with Gasteiger partial charge >= 0.3 is 0 Å². The summed E-state index contributed by atoms with van der Waals surface area (Å²) in [6, 6.07) is 0. The van der Waals surface area contributed by atoms with Gasteiger partial charge in [-0.25, -0.2) is 0 Å². The average Bonchev–Trinajstić information content (AvgIpc) is 2.50. The maximum atomic E-state index is 10.9. The van der Waals surface area contributed by atoms with Crippen molar-refractivity contribution in [2.24, 2.45) is 0 Å². The smallest absolute Gasteiger partial charge is 0.290 e. The number of carbonyl (C=O) groups is 2. The number of hydrogen-bond acceptors (Lipinski definition) is 4. The van der Waals surface area contributed by atoms with Crippen LogP contribution in [0.4, 0.5) is 0 Å². The largest absolute Gasteiger partial charge is 0.546 e. The third kappa shape index (κ3) is 2.28. The fourth-order valence-corrected chi connectivity index (χ4v) is 0.847. The van der Waals surface area contributed by atoms with Crippen LogP contribution in [-0.4, -0.2) is 28.7 Å². The molecule has 0 spiro atoms. The molecule has 14 heavy (non-hydrogen) atoms. The maximum Gasteiger partial charge on any atom is 0.290 e. The molecule has 1 aromatic rings. The molecule has 0 fully saturated rings. The van der Waals surface area contributed by atoms with Gasteiger partial charge in [0.05, 0.1) is 13.0 Å². The predicted octanol–water partition coefficient (Wildman–Crippen LogP) is -2.97. The van der Waals surface area contributed by atoms with E-state index in [0.717, 1.165) is 4.68 Å². The van der Waals surface area contributed by atoms with Crippen molar-refractivity contribution in [3.8, 4) is 0 Å². The number of carboxylic acids is 1. The minimum atomic E-state index is -1.23. The van der Waals surface area contributed by atoms with Crippen molar-refractivity contribution in [3.63, 3.8) is 0 Å². The Labute approximate surface area is 80.1 Å². The third-order valence-corrected chi connectivity index (χ3v) is 1.66. The zero-order valence-corrected chi connectivity index (χ0v) is 7.88. The van der Waals surface area contributed by atoms with Crippen LogP contribution < -0.4 is 14.8 Å². The van der Waals surface area contributed by atoms with Gasteiger partial charge in [-0.05, 0) is 5.10 Å². The lowest BCUT2D eigenvalue weighted by Crippen LogP contribution is -2.45. The second-order valence-electron chi connectivity index (χ2n) is 2.74. The number of aliphatic carboxylic acids is 1. The molecule has 1 heterocycles. The summed E-state index contributed by atoms with van der Waals surface area (Å²) in [6.07, 6.45) is 2.72. The monoisotopic (exact) mass is 198 g/mol. The molecule has 1 aromatic heterocycles. The minimum absolute atomic E-state index is 0.178. The first-order valence-electron chi connectivity index (χ1n) is 3.89. The van der Waals surface area contributed by atoms with Crippen molar-refractivity contribution >= 4 is 11.9 Å². The molecule has 7 nitrogen and oxygen atoms in total. The molecule has 0 unspecified atom stereocenters. The summed E-state index contributed by atoms with van der Waals surface area (Å²) in [6.45, 7) is 1.06. The van der Waals surface area contributed by atoms with E-state index in [1.807, 2.05) is 0 Å². The van der Waals surface area contributed by atoms with E-state index in [0.29, 0.717) is 0 Å². The molecule has 0 atom stereocenters. The van der Waals surface area contributed by atoms with Crippen LogP contribution in [0.25, 0.3) is 0 Å². The fourth-order valence-electron chi connectivity index (χ4n) is 0.847. The second-order valence-corrected chi connectivity index (χ2v) is 2.74. The Kier molecular flexibility index (Phi) is 2.80. The second kappa shape index (κ2) is 3.86. The van der Waals surface area contributed by atoms with Gasteiger partial charge in [-0.3, -0.25) is 4.79 Å². The van der Waals surface area contributed by atoms with Crippen LogP contribution >= 0.6 is 0 Å². The van der Waals surface area contributed by atoms with Crippen molar-refractivity contribution in [3.05, 3.63) is 12.7 Å². The van der Waals surface area contributed by atoms with Gasteiger partial charge < -0.3 is 9.90 Å². The highest BCUT2D eigenvalue weighted by molar-refractivity contribution is 5.82. The van der Waals surface area contributed by atoms with E-state index in [1.54, 1.807) is 7.05 Å². The molecular formula is C7H10N4O3. The Balaban J connectivity index is 2.77. The lowest BCUT2D eigenvalue weighted by Gasteiger charge is -2.06. The summed E-state index contributed by atoms with van der Waals surface area (Å²) >= 11 is 0. The van der Waals surface area contributed by atoms with E-state index in [-0.39, 0.29) is 12.5 Å². The zero-order valence-electron chi connectivity index (χ0n) is 7.88. The molecule has 0 aliphatic carbocycles. The molecule has 1 amide bonds. The summed E-state index contributed by atoms with van der Waals surface area (Å²) < 4.78 is 2.54. The van der Waals surface area contributed by atoms with Crippen LogP contribution in [0.2, 0.25) is 0 Å². The van der Waals surface area contributed by atoms with Gasteiger partial charge in [0.25, 0.3) is 12.2 Å². The Hall–Kier alpha value is -1.92. The van der Waals surface area contributed by atoms with E-state index in [2.05, 4.69) is 5.10 Å². The third-order valence-electron chi connectivity index (χ3n) is 1.66.